The maximum atomic E-state index is 11.8. The van der Waals surface area contributed by atoms with Crippen molar-refractivity contribution in [2.75, 3.05) is 25.6 Å². The highest BCUT2D eigenvalue weighted by Crippen LogP contribution is 2.18. The van der Waals surface area contributed by atoms with Crippen LogP contribution in [0.4, 0.5) is 0 Å². The first-order valence-corrected chi connectivity index (χ1v) is 8.89. The summed E-state index contributed by atoms with van der Waals surface area (Å²) in [5.41, 5.74) is 2.27. The Balaban J connectivity index is 2.10. The summed E-state index contributed by atoms with van der Waals surface area (Å²) >= 11 is 0. The van der Waals surface area contributed by atoms with Gasteiger partial charge in [-0.1, -0.05) is 43.3 Å². The quantitative estimate of drug-likeness (QED) is 0.851. The van der Waals surface area contributed by atoms with E-state index in [0.717, 1.165) is 25.3 Å². The van der Waals surface area contributed by atoms with Gasteiger partial charge in [-0.2, -0.15) is 0 Å². The SMILES string of the molecule is CC1C=C(N=S(C)(C)=O)CN(Cc2ccccc2)C1. The number of nitrogens with zero attached hydrogens (tertiary/aromatic N) is 2. The molecule has 0 radical (unpaired) electrons. The predicted octanol–water partition coefficient (Wildman–Crippen LogP) is 2.75. The zero-order valence-corrected chi connectivity index (χ0v) is 12.7. The van der Waals surface area contributed by atoms with E-state index in [1.807, 2.05) is 6.07 Å². The third kappa shape index (κ3) is 4.80. The van der Waals surface area contributed by atoms with Crippen LogP contribution >= 0.6 is 0 Å². The van der Waals surface area contributed by atoms with Gasteiger partial charge in [0, 0.05) is 41.9 Å². The molecule has 1 unspecified atom stereocenters. The maximum absolute atomic E-state index is 11.8. The molecule has 0 spiro atoms. The molecule has 1 atom stereocenters. The summed E-state index contributed by atoms with van der Waals surface area (Å²) in [7, 11) is -2.06. The lowest BCUT2D eigenvalue weighted by Crippen LogP contribution is -2.33. The average Bonchev–Trinajstić information content (AvgIpc) is 2.26. The first kappa shape index (κ1) is 14.3. The molecule has 0 aromatic heterocycles. The van der Waals surface area contributed by atoms with Crippen LogP contribution in [0.25, 0.3) is 0 Å². The highest BCUT2D eigenvalue weighted by atomic mass is 32.2. The van der Waals surface area contributed by atoms with Crippen molar-refractivity contribution in [2.45, 2.75) is 13.5 Å². The molecule has 2 rings (SSSR count). The van der Waals surface area contributed by atoms with E-state index < -0.39 is 9.73 Å². The number of benzene rings is 1. The fraction of sp³-hybridized carbons (Fsp3) is 0.467. The minimum atomic E-state index is -2.06. The van der Waals surface area contributed by atoms with Gasteiger partial charge in [-0.25, -0.2) is 8.57 Å². The van der Waals surface area contributed by atoms with Crippen LogP contribution in [0.2, 0.25) is 0 Å². The van der Waals surface area contributed by atoms with Gasteiger partial charge in [0.25, 0.3) is 0 Å². The molecule has 0 amide bonds. The van der Waals surface area contributed by atoms with E-state index in [9.17, 15) is 4.21 Å². The van der Waals surface area contributed by atoms with Gasteiger partial charge in [0.15, 0.2) is 0 Å². The third-order valence-corrected chi connectivity index (χ3v) is 3.67. The second-order valence-electron chi connectivity index (χ2n) is 5.56. The Labute approximate surface area is 116 Å². The zero-order chi connectivity index (χ0) is 13.9. The number of rotatable bonds is 3. The number of hydrogen-bond acceptors (Lipinski definition) is 3. The molecule has 0 saturated heterocycles. The van der Waals surface area contributed by atoms with Gasteiger partial charge >= 0.3 is 0 Å². The smallest absolute Gasteiger partial charge is 0.0607 e. The Morgan fingerprint density at radius 3 is 2.63 bits per heavy atom. The molecule has 3 nitrogen and oxygen atoms in total. The third-order valence-electron chi connectivity index (χ3n) is 2.99. The Hall–Kier alpha value is -1.13. The average molecular weight is 278 g/mol. The maximum Gasteiger partial charge on any atom is 0.0607 e. The van der Waals surface area contributed by atoms with Crippen molar-refractivity contribution >= 4 is 9.73 Å². The van der Waals surface area contributed by atoms with Gasteiger partial charge in [-0.15, -0.1) is 0 Å². The fourth-order valence-electron chi connectivity index (χ4n) is 2.44. The van der Waals surface area contributed by atoms with Gasteiger partial charge in [0.1, 0.15) is 0 Å². The van der Waals surface area contributed by atoms with Crippen LogP contribution in [0.1, 0.15) is 12.5 Å². The molecule has 104 valence electrons. The van der Waals surface area contributed by atoms with Crippen molar-refractivity contribution in [3.8, 4) is 0 Å². The molecule has 0 saturated carbocycles. The van der Waals surface area contributed by atoms with Crippen LogP contribution in [0, 0.1) is 5.92 Å². The van der Waals surface area contributed by atoms with Crippen molar-refractivity contribution in [1.29, 1.82) is 0 Å². The minimum Gasteiger partial charge on any atom is -0.293 e. The summed E-state index contributed by atoms with van der Waals surface area (Å²) < 4.78 is 16.2. The molecule has 0 aliphatic carbocycles. The molecule has 19 heavy (non-hydrogen) atoms. The summed E-state index contributed by atoms with van der Waals surface area (Å²) in [6, 6.07) is 10.4. The fourth-order valence-corrected chi connectivity index (χ4v) is 3.12. The van der Waals surface area contributed by atoms with Crippen LogP contribution < -0.4 is 0 Å². The van der Waals surface area contributed by atoms with Crippen LogP contribution in [-0.2, 0) is 16.3 Å². The minimum absolute atomic E-state index is 0.456. The molecular formula is C15H22N2OS. The van der Waals surface area contributed by atoms with Crippen LogP contribution in [-0.4, -0.2) is 34.7 Å². The second-order valence-corrected chi connectivity index (χ2v) is 8.11. The monoisotopic (exact) mass is 278 g/mol. The summed E-state index contributed by atoms with van der Waals surface area (Å²) in [6.45, 7) is 4.92. The Morgan fingerprint density at radius 2 is 2.00 bits per heavy atom. The zero-order valence-electron chi connectivity index (χ0n) is 11.9. The van der Waals surface area contributed by atoms with E-state index in [2.05, 4.69) is 46.5 Å². The van der Waals surface area contributed by atoms with E-state index in [1.54, 1.807) is 12.5 Å². The second kappa shape index (κ2) is 5.88. The molecule has 1 heterocycles. The normalized spacial score (nSPS) is 21.0. The highest BCUT2D eigenvalue weighted by Gasteiger charge is 2.17. The molecule has 0 N–H and O–H groups in total. The van der Waals surface area contributed by atoms with Crippen molar-refractivity contribution < 1.29 is 4.21 Å². The molecule has 1 aromatic carbocycles. The standard InChI is InChI=1S/C15H22N2OS/c1-13-9-15(16-19(2,3)18)12-17(10-13)11-14-7-5-4-6-8-14/h4-9,13H,10-12H2,1-3H3. The molecule has 1 aliphatic heterocycles. The van der Waals surface area contributed by atoms with Gasteiger partial charge in [-0.3, -0.25) is 4.90 Å². The molecule has 0 fully saturated rings. The lowest BCUT2D eigenvalue weighted by atomic mass is 10.0. The Bertz CT molecular complexity index is 563. The topological polar surface area (TPSA) is 32.7 Å². The van der Waals surface area contributed by atoms with Crippen molar-refractivity contribution in [3.05, 3.63) is 47.7 Å². The highest BCUT2D eigenvalue weighted by molar-refractivity contribution is 7.92. The van der Waals surface area contributed by atoms with Gasteiger partial charge in [0.2, 0.25) is 0 Å². The van der Waals surface area contributed by atoms with Crippen molar-refractivity contribution in [1.82, 2.24) is 4.90 Å². The van der Waals surface area contributed by atoms with Crippen LogP contribution in [0.3, 0.4) is 0 Å². The van der Waals surface area contributed by atoms with E-state index in [0.29, 0.717) is 5.92 Å². The van der Waals surface area contributed by atoms with Crippen LogP contribution in [0.15, 0.2) is 46.5 Å². The van der Waals surface area contributed by atoms with E-state index in [1.165, 1.54) is 5.56 Å². The van der Waals surface area contributed by atoms with E-state index >= 15 is 0 Å². The lowest BCUT2D eigenvalue weighted by Gasteiger charge is -2.29. The van der Waals surface area contributed by atoms with E-state index in [4.69, 9.17) is 0 Å². The first-order chi connectivity index (χ1) is 8.92. The first-order valence-electron chi connectivity index (χ1n) is 6.56. The summed E-state index contributed by atoms with van der Waals surface area (Å²) in [4.78, 5) is 2.37. The summed E-state index contributed by atoms with van der Waals surface area (Å²) in [5.74, 6) is 0.456. The van der Waals surface area contributed by atoms with Crippen LogP contribution in [0.5, 0.6) is 0 Å². The molecule has 4 heteroatoms. The molecular weight excluding hydrogens is 256 g/mol. The van der Waals surface area contributed by atoms with Crippen molar-refractivity contribution in [2.24, 2.45) is 10.3 Å². The molecule has 0 bridgehead atoms. The number of hydrogen-bond donors (Lipinski definition) is 0. The van der Waals surface area contributed by atoms with Gasteiger partial charge < -0.3 is 0 Å². The van der Waals surface area contributed by atoms with E-state index in [-0.39, 0.29) is 0 Å². The Kier molecular flexibility index (Phi) is 4.42. The predicted molar refractivity (Wildman–Crippen MR) is 81.4 cm³/mol. The van der Waals surface area contributed by atoms with Gasteiger partial charge in [0.05, 0.1) is 5.70 Å². The molecule has 1 aromatic rings. The lowest BCUT2D eigenvalue weighted by molar-refractivity contribution is 0.250. The van der Waals surface area contributed by atoms with Gasteiger partial charge in [-0.05, 0) is 11.5 Å². The summed E-state index contributed by atoms with van der Waals surface area (Å²) in [5, 5.41) is 0. The largest absolute Gasteiger partial charge is 0.293 e. The summed E-state index contributed by atoms with van der Waals surface area (Å²) in [6.07, 6.45) is 5.53. The van der Waals surface area contributed by atoms with Crippen molar-refractivity contribution in [3.63, 3.8) is 0 Å². The Morgan fingerprint density at radius 1 is 1.32 bits per heavy atom. The molecule has 1 aliphatic rings.